The third-order valence-electron chi connectivity index (χ3n) is 3.93. The van der Waals surface area contributed by atoms with Gasteiger partial charge in [-0.05, 0) is 30.7 Å². The molecule has 4 nitrogen and oxygen atoms in total. The fourth-order valence-corrected chi connectivity index (χ4v) is 2.70. The highest BCUT2D eigenvalue weighted by molar-refractivity contribution is 5.68. The topological polar surface area (TPSA) is 49.8 Å². The van der Waals surface area contributed by atoms with Crippen molar-refractivity contribution in [3.05, 3.63) is 35.9 Å². The molecule has 2 rings (SSSR count). The van der Waals surface area contributed by atoms with Gasteiger partial charge in [0.15, 0.2) is 0 Å². The van der Waals surface area contributed by atoms with E-state index in [2.05, 4.69) is 0 Å². The summed E-state index contributed by atoms with van der Waals surface area (Å²) in [5.41, 5.74) is 0.990. The van der Waals surface area contributed by atoms with Crippen LogP contribution in [-0.4, -0.2) is 35.3 Å². The lowest BCUT2D eigenvalue weighted by molar-refractivity contribution is 0.0431. The van der Waals surface area contributed by atoms with E-state index in [4.69, 9.17) is 4.74 Å². The summed E-state index contributed by atoms with van der Waals surface area (Å²) in [6.07, 6.45) is 2.80. The monoisotopic (exact) mass is 277 g/mol. The number of amides is 1. The highest BCUT2D eigenvalue weighted by Gasteiger charge is 2.31. The lowest BCUT2D eigenvalue weighted by Crippen LogP contribution is -2.47. The second-order valence-corrected chi connectivity index (χ2v) is 5.46. The first-order valence-electron chi connectivity index (χ1n) is 7.30. The number of benzene rings is 1. The first-order valence-corrected chi connectivity index (χ1v) is 7.30. The van der Waals surface area contributed by atoms with Gasteiger partial charge in [0.2, 0.25) is 0 Å². The maximum absolute atomic E-state index is 12.2. The van der Waals surface area contributed by atoms with Crippen LogP contribution in [-0.2, 0) is 11.3 Å². The van der Waals surface area contributed by atoms with Gasteiger partial charge in [-0.15, -0.1) is 0 Å². The summed E-state index contributed by atoms with van der Waals surface area (Å²) in [5, 5.41) is 9.32. The zero-order valence-corrected chi connectivity index (χ0v) is 12.0. The van der Waals surface area contributed by atoms with E-state index in [1.807, 2.05) is 37.3 Å². The lowest BCUT2D eigenvalue weighted by atomic mass is 9.92. The summed E-state index contributed by atoms with van der Waals surface area (Å²) in [6, 6.07) is 9.78. The minimum Gasteiger partial charge on any atom is -0.445 e. The quantitative estimate of drug-likeness (QED) is 0.920. The third kappa shape index (κ3) is 3.73. The summed E-state index contributed by atoms with van der Waals surface area (Å²) >= 11 is 0. The first kappa shape index (κ1) is 14.9. The molecule has 1 aliphatic rings. The summed E-state index contributed by atoms with van der Waals surface area (Å²) < 4.78 is 5.40. The van der Waals surface area contributed by atoms with E-state index < -0.39 is 0 Å². The molecule has 1 N–H and O–H groups in total. The van der Waals surface area contributed by atoms with Crippen molar-refractivity contribution in [1.29, 1.82) is 0 Å². The standard InChI is InChI=1S/C16H23NO3/c1-13(11-18)15-9-5-6-10-17(15)16(19)20-12-14-7-3-2-4-8-14/h2-4,7-8,13,15,18H,5-6,9-12H2,1H3. The maximum Gasteiger partial charge on any atom is 0.410 e. The Hall–Kier alpha value is -1.55. The van der Waals surface area contributed by atoms with Gasteiger partial charge in [0.05, 0.1) is 0 Å². The fraction of sp³-hybridized carbons (Fsp3) is 0.562. The molecular weight excluding hydrogens is 254 g/mol. The van der Waals surface area contributed by atoms with Crippen LogP contribution < -0.4 is 0 Å². The predicted molar refractivity (Wildman–Crippen MR) is 77.2 cm³/mol. The number of likely N-dealkylation sites (tertiary alicyclic amines) is 1. The van der Waals surface area contributed by atoms with Gasteiger partial charge < -0.3 is 14.7 Å². The predicted octanol–water partition coefficient (Wildman–Crippen LogP) is 2.81. The van der Waals surface area contributed by atoms with Crippen LogP contribution in [0.15, 0.2) is 30.3 Å². The number of piperidine rings is 1. The third-order valence-corrected chi connectivity index (χ3v) is 3.93. The molecule has 1 aromatic carbocycles. The molecule has 1 aromatic rings. The molecule has 4 heteroatoms. The van der Waals surface area contributed by atoms with E-state index in [1.54, 1.807) is 4.90 Å². The lowest BCUT2D eigenvalue weighted by Gasteiger charge is -2.37. The van der Waals surface area contributed by atoms with Crippen molar-refractivity contribution in [3.63, 3.8) is 0 Å². The van der Waals surface area contributed by atoms with E-state index in [-0.39, 0.29) is 24.7 Å². The van der Waals surface area contributed by atoms with E-state index in [0.717, 1.165) is 31.4 Å². The molecule has 0 radical (unpaired) electrons. The van der Waals surface area contributed by atoms with Crippen molar-refractivity contribution in [3.8, 4) is 0 Å². The average molecular weight is 277 g/mol. The molecule has 0 aromatic heterocycles. The molecule has 1 amide bonds. The smallest absolute Gasteiger partial charge is 0.410 e. The Morgan fingerprint density at radius 3 is 2.85 bits per heavy atom. The van der Waals surface area contributed by atoms with Crippen LogP contribution in [0.1, 0.15) is 31.7 Å². The summed E-state index contributed by atoms with van der Waals surface area (Å²) in [4.78, 5) is 14.0. The van der Waals surface area contributed by atoms with Gasteiger partial charge in [-0.2, -0.15) is 0 Å². The molecule has 1 aliphatic heterocycles. The van der Waals surface area contributed by atoms with Crippen LogP contribution >= 0.6 is 0 Å². The fourth-order valence-electron chi connectivity index (χ4n) is 2.70. The van der Waals surface area contributed by atoms with Gasteiger partial charge in [0, 0.05) is 19.2 Å². The molecule has 2 atom stereocenters. The van der Waals surface area contributed by atoms with E-state index >= 15 is 0 Å². The number of carbonyl (C=O) groups is 1. The average Bonchev–Trinajstić information content (AvgIpc) is 2.52. The van der Waals surface area contributed by atoms with Crippen LogP contribution in [0.3, 0.4) is 0 Å². The molecule has 0 saturated carbocycles. The van der Waals surface area contributed by atoms with Crippen molar-refractivity contribution in [2.45, 2.75) is 38.8 Å². The van der Waals surface area contributed by atoms with Crippen molar-refractivity contribution >= 4 is 6.09 Å². The largest absolute Gasteiger partial charge is 0.445 e. The Morgan fingerprint density at radius 2 is 2.15 bits per heavy atom. The molecule has 2 unspecified atom stereocenters. The SMILES string of the molecule is CC(CO)C1CCCCN1C(=O)OCc1ccccc1. The molecule has 1 heterocycles. The van der Waals surface area contributed by atoms with Crippen LogP contribution in [0, 0.1) is 5.92 Å². The van der Waals surface area contributed by atoms with Gasteiger partial charge in [-0.1, -0.05) is 37.3 Å². The first-order chi connectivity index (χ1) is 9.72. The normalized spacial score (nSPS) is 20.5. The molecule has 0 bridgehead atoms. The second-order valence-electron chi connectivity index (χ2n) is 5.46. The van der Waals surface area contributed by atoms with Crippen molar-refractivity contribution < 1.29 is 14.6 Å². The molecule has 1 saturated heterocycles. The van der Waals surface area contributed by atoms with Gasteiger partial charge in [-0.25, -0.2) is 4.79 Å². The van der Waals surface area contributed by atoms with Crippen molar-refractivity contribution in [2.75, 3.05) is 13.2 Å². The van der Waals surface area contributed by atoms with E-state index in [1.165, 1.54) is 0 Å². The zero-order valence-electron chi connectivity index (χ0n) is 12.0. The summed E-state index contributed by atoms with van der Waals surface area (Å²) in [6.45, 7) is 3.11. The molecule has 20 heavy (non-hydrogen) atoms. The minimum absolute atomic E-state index is 0.0945. The van der Waals surface area contributed by atoms with Gasteiger partial charge in [0.1, 0.15) is 6.61 Å². The Labute approximate surface area is 120 Å². The molecule has 0 aliphatic carbocycles. The van der Waals surface area contributed by atoms with Gasteiger partial charge in [0.25, 0.3) is 0 Å². The number of nitrogens with zero attached hydrogens (tertiary/aromatic N) is 1. The molecular formula is C16H23NO3. The minimum atomic E-state index is -0.265. The van der Waals surface area contributed by atoms with Crippen LogP contribution in [0.5, 0.6) is 0 Å². The van der Waals surface area contributed by atoms with Crippen LogP contribution in [0.2, 0.25) is 0 Å². The van der Waals surface area contributed by atoms with Gasteiger partial charge in [-0.3, -0.25) is 0 Å². The summed E-state index contributed by atoms with van der Waals surface area (Å²) in [7, 11) is 0. The molecule has 1 fully saturated rings. The Kier molecular flexibility index (Phi) is 5.41. The van der Waals surface area contributed by atoms with E-state index in [0.29, 0.717) is 6.61 Å². The second kappa shape index (κ2) is 7.29. The Balaban J connectivity index is 1.92. The number of hydrogen-bond acceptors (Lipinski definition) is 3. The van der Waals surface area contributed by atoms with Crippen molar-refractivity contribution in [1.82, 2.24) is 4.90 Å². The number of hydrogen-bond donors (Lipinski definition) is 1. The number of carbonyl (C=O) groups excluding carboxylic acids is 1. The van der Waals surface area contributed by atoms with Crippen LogP contribution in [0.25, 0.3) is 0 Å². The Morgan fingerprint density at radius 1 is 1.40 bits per heavy atom. The Bertz CT molecular complexity index is 421. The zero-order chi connectivity index (χ0) is 14.4. The van der Waals surface area contributed by atoms with Crippen LogP contribution in [0.4, 0.5) is 4.79 Å². The van der Waals surface area contributed by atoms with Gasteiger partial charge >= 0.3 is 6.09 Å². The highest BCUT2D eigenvalue weighted by atomic mass is 16.6. The molecule has 0 spiro atoms. The van der Waals surface area contributed by atoms with E-state index in [9.17, 15) is 9.90 Å². The number of aliphatic hydroxyl groups excluding tert-OH is 1. The maximum atomic E-state index is 12.2. The number of rotatable bonds is 4. The highest BCUT2D eigenvalue weighted by Crippen LogP contribution is 2.24. The summed E-state index contributed by atoms with van der Waals surface area (Å²) in [5.74, 6) is 0.0968. The number of ether oxygens (including phenoxy) is 1. The molecule has 110 valence electrons. The van der Waals surface area contributed by atoms with Crippen molar-refractivity contribution in [2.24, 2.45) is 5.92 Å². The number of aliphatic hydroxyl groups is 1.